The Balaban J connectivity index is 0.000000399. The molecule has 0 spiro atoms. The first-order valence-corrected chi connectivity index (χ1v) is 7.99. The van der Waals surface area contributed by atoms with Gasteiger partial charge in [0.2, 0.25) is 0 Å². The molecule has 0 aromatic heterocycles. The summed E-state index contributed by atoms with van der Waals surface area (Å²) in [7, 11) is 1.93. The quantitative estimate of drug-likeness (QED) is 0.779. The molecule has 1 aliphatic rings. The number of hydrogen-bond acceptors (Lipinski definition) is 1. The van der Waals surface area contributed by atoms with Crippen molar-refractivity contribution in [3.63, 3.8) is 0 Å². The van der Waals surface area contributed by atoms with Crippen LogP contribution < -0.4 is 5.32 Å². The molecule has 0 bridgehead atoms. The van der Waals surface area contributed by atoms with Crippen LogP contribution in [-0.2, 0) is 12.8 Å². The monoisotopic (exact) mass is 261 g/mol. The maximum atomic E-state index is 2.93. The Bertz CT molecular complexity index is 330. The van der Waals surface area contributed by atoms with E-state index in [1.165, 1.54) is 44.9 Å². The molecule has 1 unspecified atom stereocenters. The van der Waals surface area contributed by atoms with Gasteiger partial charge in [0, 0.05) is 0 Å². The SMILES string of the molecule is CC1CCCCCc2ccccc2CC1.CCNC. The van der Waals surface area contributed by atoms with Crippen LogP contribution in [0.5, 0.6) is 0 Å². The summed E-state index contributed by atoms with van der Waals surface area (Å²) < 4.78 is 0. The molecule has 19 heavy (non-hydrogen) atoms. The highest BCUT2D eigenvalue weighted by molar-refractivity contribution is 5.27. The van der Waals surface area contributed by atoms with Crippen LogP contribution in [0.15, 0.2) is 24.3 Å². The first kappa shape index (κ1) is 16.2. The van der Waals surface area contributed by atoms with Gasteiger partial charge in [-0.1, -0.05) is 57.4 Å². The third kappa shape index (κ3) is 6.77. The molecule has 1 nitrogen and oxygen atoms in total. The minimum absolute atomic E-state index is 0.913. The maximum Gasteiger partial charge on any atom is -0.00804 e. The van der Waals surface area contributed by atoms with E-state index in [0.29, 0.717) is 0 Å². The maximum absolute atomic E-state index is 2.93. The Morgan fingerprint density at radius 2 is 1.63 bits per heavy atom. The molecule has 2 rings (SSSR count). The summed E-state index contributed by atoms with van der Waals surface area (Å²) in [4.78, 5) is 0. The summed E-state index contributed by atoms with van der Waals surface area (Å²) in [6.45, 7) is 5.55. The van der Waals surface area contributed by atoms with E-state index in [1.807, 2.05) is 7.05 Å². The van der Waals surface area contributed by atoms with E-state index in [9.17, 15) is 0 Å². The lowest BCUT2D eigenvalue weighted by Crippen LogP contribution is -2.03. The van der Waals surface area contributed by atoms with Crippen LogP contribution in [0.25, 0.3) is 0 Å². The zero-order valence-electron chi connectivity index (χ0n) is 13.0. The number of hydrogen-bond donors (Lipinski definition) is 1. The standard InChI is InChI=1S/C15H22.C3H9N/c1-13-7-3-2-4-8-14-9-5-6-10-15(14)12-11-13;1-3-4-2/h5-6,9-10,13H,2-4,7-8,11-12H2,1H3;4H,3H2,1-2H3. The second-order valence-corrected chi connectivity index (χ2v) is 5.72. The van der Waals surface area contributed by atoms with Crippen molar-refractivity contribution in [2.75, 3.05) is 13.6 Å². The molecule has 108 valence electrons. The van der Waals surface area contributed by atoms with Crippen LogP contribution in [0.2, 0.25) is 0 Å². The molecule has 1 aromatic carbocycles. The lowest BCUT2D eigenvalue weighted by molar-refractivity contribution is 0.455. The molecule has 1 aliphatic carbocycles. The lowest BCUT2D eigenvalue weighted by atomic mass is 9.90. The van der Waals surface area contributed by atoms with Crippen molar-refractivity contribution >= 4 is 0 Å². The summed E-state index contributed by atoms with van der Waals surface area (Å²) >= 11 is 0. The van der Waals surface area contributed by atoms with E-state index in [0.717, 1.165) is 12.5 Å². The zero-order chi connectivity index (χ0) is 13.9. The first-order valence-electron chi connectivity index (χ1n) is 7.99. The van der Waals surface area contributed by atoms with Crippen LogP contribution in [0.1, 0.15) is 57.1 Å². The summed E-state index contributed by atoms with van der Waals surface area (Å²) in [5.74, 6) is 0.913. The molecule has 0 heterocycles. The molecule has 0 amide bonds. The smallest absolute Gasteiger partial charge is 0.00804 e. The van der Waals surface area contributed by atoms with Crippen molar-refractivity contribution in [3.8, 4) is 0 Å². The highest BCUT2D eigenvalue weighted by Crippen LogP contribution is 2.22. The Kier molecular flexibility index (Phi) is 8.57. The second kappa shape index (κ2) is 10.0. The highest BCUT2D eigenvalue weighted by Gasteiger charge is 2.08. The highest BCUT2D eigenvalue weighted by atomic mass is 14.8. The molecule has 1 N–H and O–H groups in total. The average molecular weight is 261 g/mol. The minimum atomic E-state index is 0.913. The predicted molar refractivity (Wildman–Crippen MR) is 85.7 cm³/mol. The van der Waals surface area contributed by atoms with Gasteiger partial charge in [0.05, 0.1) is 0 Å². The van der Waals surface area contributed by atoms with Gasteiger partial charge in [0.15, 0.2) is 0 Å². The third-order valence-electron chi connectivity index (χ3n) is 4.02. The van der Waals surface area contributed by atoms with Gasteiger partial charge in [-0.05, 0) is 56.3 Å². The van der Waals surface area contributed by atoms with Gasteiger partial charge < -0.3 is 5.32 Å². The Morgan fingerprint density at radius 3 is 2.26 bits per heavy atom. The van der Waals surface area contributed by atoms with Crippen molar-refractivity contribution in [2.24, 2.45) is 5.92 Å². The second-order valence-electron chi connectivity index (χ2n) is 5.72. The largest absolute Gasteiger partial charge is 0.320 e. The van der Waals surface area contributed by atoms with E-state index >= 15 is 0 Å². The van der Waals surface area contributed by atoms with Crippen LogP contribution in [0.4, 0.5) is 0 Å². The van der Waals surface area contributed by atoms with Crippen LogP contribution >= 0.6 is 0 Å². The molecule has 1 heteroatoms. The van der Waals surface area contributed by atoms with Crippen molar-refractivity contribution in [1.29, 1.82) is 0 Å². The molecule has 1 atom stereocenters. The normalized spacial score (nSPS) is 19.8. The van der Waals surface area contributed by atoms with E-state index in [1.54, 1.807) is 11.1 Å². The fourth-order valence-corrected chi connectivity index (χ4v) is 2.58. The van der Waals surface area contributed by atoms with Gasteiger partial charge in [-0.2, -0.15) is 0 Å². The van der Waals surface area contributed by atoms with Crippen molar-refractivity contribution in [2.45, 2.75) is 58.8 Å². The van der Waals surface area contributed by atoms with Crippen molar-refractivity contribution < 1.29 is 0 Å². The third-order valence-corrected chi connectivity index (χ3v) is 4.02. The van der Waals surface area contributed by atoms with Crippen LogP contribution in [0.3, 0.4) is 0 Å². The number of benzene rings is 1. The molecule has 0 radical (unpaired) electrons. The topological polar surface area (TPSA) is 12.0 Å². The van der Waals surface area contributed by atoms with E-state index in [2.05, 4.69) is 43.4 Å². The Labute approximate surface area is 119 Å². The van der Waals surface area contributed by atoms with E-state index in [-0.39, 0.29) is 0 Å². The summed E-state index contributed by atoms with van der Waals surface area (Å²) in [6, 6.07) is 9.02. The van der Waals surface area contributed by atoms with Gasteiger partial charge in [0.1, 0.15) is 0 Å². The first-order chi connectivity index (χ1) is 9.27. The fraction of sp³-hybridized carbons (Fsp3) is 0.667. The Morgan fingerprint density at radius 1 is 1.00 bits per heavy atom. The van der Waals surface area contributed by atoms with Gasteiger partial charge in [-0.15, -0.1) is 0 Å². The number of rotatable bonds is 1. The van der Waals surface area contributed by atoms with E-state index in [4.69, 9.17) is 0 Å². The number of nitrogens with one attached hydrogen (secondary N) is 1. The molecule has 0 fully saturated rings. The Hall–Kier alpha value is -0.820. The molecule has 0 saturated heterocycles. The minimum Gasteiger partial charge on any atom is -0.320 e. The molecule has 1 aromatic rings. The van der Waals surface area contributed by atoms with Crippen molar-refractivity contribution in [3.05, 3.63) is 35.4 Å². The molecular weight excluding hydrogens is 230 g/mol. The fourth-order valence-electron chi connectivity index (χ4n) is 2.58. The average Bonchev–Trinajstić information content (AvgIpc) is 2.46. The van der Waals surface area contributed by atoms with Crippen LogP contribution in [0, 0.1) is 5.92 Å². The van der Waals surface area contributed by atoms with Gasteiger partial charge >= 0.3 is 0 Å². The zero-order valence-corrected chi connectivity index (χ0v) is 13.0. The van der Waals surface area contributed by atoms with Gasteiger partial charge in [-0.3, -0.25) is 0 Å². The predicted octanol–water partition coefficient (Wildman–Crippen LogP) is 4.60. The molecule has 0 saturated carbocycles. The van der Waals surface area contributed by atoms with Gasteiger partial charge in [0.25, 0.3) is 0 Å². The summed E-state index contributed by atoms with van der Waals surface area (Å²) in [6.07, 6.45) is 9.62. The number of fused-ring (bicyclic) bond motifs is 1. The van der Waals surface area contributed by atoms with Crippen molar-refractivity contribution in [1.82, 2.24) is 5.32 Å². The molecule has 0 aliphatic heterocycles. The number of aryl methyl sites for hydroxylation is 2. The summed E-state index contributed by atoms with van der Waals surface area (Å²) in [5, 5.41) is 2.93. The van der Waals surface area contributed by atoms with Crippen LogP contribution in [-0.4, -0.2) is 13.6 Å². The summed E-state index contributed by atoms with van der Waals surface area (Å²) in [5.41, 5.74) is 3.21. The lowest BCUT2D eigenvalue weighted by Gasteiger charge is -2.16. The molecular formula is C18H31N. The van der Waals surface area contributed by atoms with E-state index < -0.39 is 0 Å². The van der Waals surface area contributed by atoms with Gasteiger partial charge in [-0.25, -0.2) is 0 Å².